The molecule has 0 N–H and O–H groups in total. The lowest BCUT2D eigenvalue weighted by Crippen LogP contribution is -2.47. The zero-order valence-corrected chi connectivity index (χ0v) is 13.2. The average Bonchev–Trinajstić information content (AvgIpc) is 2.75. The third kappa shape index (κ3) is 2.77. The first kappa shape index (κ1) is 14.4. The maximum atomic E-state index is 13.1. The molecule has 0 aliphatic carbocycles. The monoisotopic (exact) mass is 287 g/mol. The van der Waals surface area contributed by atoms with E-state index >= 15 is 0 Å². The molecule has 0 unspecified atom stereocenters. The van der Waals surface area contributed by atoms with Crippen LogP contribution in [-0.4, -0.2) is 62.5 Å². The molecule has 4 nitrogen and oxygen atoms in total. The molecule has 3 heterocycles. The number of piperidine rings is 1. The fraction of sp³-hybridized carbons (Fsp3) is 0.588. The lowest BCUT2D eigenvalue weighted by Gasteiger charge is -2.37. The molecule has 3 fully saturated rings. The van der Waals surface area contributed by atoms with Crippen LogP contribution in [0.2, 0.25) is 0 Å². The minimum atomic E-state index is 0.198. The summed E-state index contributed by atoms with van der Waals surface area (Å²) in [5.41, 5.74) is 1.84. The van der Waals surface area contributed by atoms with Gasteiger partial charge < -0.3 is 14.7 Å². The Kier molecular flexibility index (Phi) is 3.89. The molecule has 0 radical (unpaired) electrons. The molecule has 0 saturated carbocycles. The second-order valence-electron chi connectivity index (χ2n) is 6.69. The minimum Gasteiger partial charge on any atom is -0.377 e. The first-order chi connectivity index (χ1) is 10.1. The number of likely N-dealkylation sites (N-methyl/N-ethyl adjacent to an activating group) is 1. The molecule has 1 aromatic rings. The van der Waals surface area contributed by atoms with Crippen molar-refractivity contribution in [3.8, 4) is 0 Å². The summed E-state index contributed by atoms with van der Waals surface area (Å²) in [7, 11) is 6.16. The van der Waals surface area contributed by atoms with Crippen LogP contribution in [-0.2, 0) is 0 Å². The van der Waals surface area contributed by atoms with Crippen molar-refractivity contribution >= 4 is 11.6 Å². The number of carbonyl (C=O) groups excluding carboxylic acids is 1. The molecular formula is C17H25N3O. The number of carbonyl (C=O) groups is 1. The minimum absolute atomic E-state index is 0.198. The average molecular weight is 287 g/mol. The summed E-state index contributed by atoms with van der Waals surface area (Å²) in [4.78, 5) is 19.6. The third-order valence-corrected chi connectivity index (χ3v) is 4.77. The van der Waals surface area contributed by atoms with Crippen molar-refractivity contribution in [1.29, 1.82) is 0 Å². The van der Waals surface area contributed by atoms with E-state index in [-0.39, 0.29) is 5.91 Å². The van der Waals surface area contributed by atoms with Gasteiger partial charge in [-0.2, -0.15) is 0 Å². The molecule has 114 valence electrons. The van der Waals surface area contributed by atoms with Gasteiger partial charge in [0.2, 0.25) is 0 Å². The Labute approximate surface area is 127 Å². The highest BCUT2D eigenvalue weighted by Crippen LogP contribution is 2.30. The Morgan fingerprint density at radius 1 is 1.14 bits per heavy atom. The Morgan fingerprint density at radius 3 is 2.67 bits per heavy atom. The van der Waals surface area contributed by atoms with Crippen LogP contribution in [0.3, 0.4) is 0 Å². The number of hydrogen-bond acceptors (Lipinski definition) is 3. The second-order valence-corrected chi connectivity index (χ2v) is 6.69. The molecule has 2 atom stereocenters. The van der Waals surface area contributed by atoms with Crippen LogP contribution in [0.1, 0.15) is 23.2 Å². The van der Waals surface area contributed by atoms with Crippen molar-refractivity contribution in [2.24, 2.45) is 5.92 Å². The van der Waals surface area contributed by atoms with Crippen LogP contribution in [0.25, 0.3) is 0 Å². The highest BCUT2D eigenvalue weighted by molar-refractivity contribution is 6.00. The lowest BCUT2D eigenvalue weighted by atomic mass is 9.94. The van der Waals surface area contributed by atoms with E-state index in [0.717, 1.165) is 37.3 Å². The highest BCUT2D eigenvalue weighted by Gasteiger charge is 2.36. The molecule has 0 aromatic heterocycles. The fourth-order valence-corrected chi connectivity index (χ4v) is 3.76. The van der Waals surface area contributed by atoms with Crippen LogP contribution in [0, 0.1) is 5.92 Å². The second kappa shape index (κ2) is 5.68. The van der Waals surface area contributed by atoms with Crippen LogP contribution in [0.4, 0.5) is 5.69 Å². The summed E-state index contributed by atoms with van der Waals surface area (Å²) < 4.78 is 0. The highest BCUT2D eigenvalue weighted by atomic mass is 16.2. The summed E-state index contributed by atoms with van der Waals surface area (Å²) >= 11 is 0. The van der Waals surface area contributed by atoms with Crippen molar-refractivity contribution in [1.82, 2.24) is 9.80 Å². The van der Waals surface area contributed by atoms with Crippen LogP contribution in [0.5, 0.6) is 0 Å². The van der Waals surface area contributed by atoms with Gasteiger partial charge in [0.1, 0.15) is 0 Å². The van der Waals surface area contributed by atoms with E-state index < -0.39 is 0 Å². The van der Waals surface area contributed by atoms with Gasteiger partial charge in [0.15, 0.2) is 0 Å². The molecule has 0 spiro atoms. The van der Waals surface area contributed by atoms with Crippen LogP contribution >= 0.6 is 0 Å². The van der Waals surface area contributed by atoms with E-state index in [1.807, 2.05) is 43.3 Å². The molecule has 1 aromatic carbocycles. The Hall–Kier alpha value is -1.55. The quantitative estimate of drug-likeness (QED) is 0.831. The van der Waals surface area contributed by atoms with Gasteiger partial charge in [0, 0.05) is 45.5 Å². The first-order valence-electron chi connectivity index (χ1n) is 7.82. The van der Waals surface area contributed by atoms with Crippen LogP contribution in [0.15, 0.2) is 24.3 Å². The van der Waals surface area contributed by atoms with E-state index in [0.29, 0.717) is 12.0 Å². The third-order valence-electron chi connectivity index (χ3n) is 4.77. The topological polar surface area (TPSA) is 26.8 Å². The number of anilines is 1. The standard InChI is InChI=1S/C17H25N3O/c1-18(2)16-7-5-4-6-15(16)17(21)20-11-13-8-9-14(20)12-19(3)10-13/h4-7,13-14H,8-12H2,1-3H3/t13-,14+/m0/s1. The van der Waals surface area contributed by atoms with Gasteiger partial charge in [-0.1, -0.05) is 12.1 Å². The predicted molar refractivity (Wildman–Crippen MR) is 85.8 cm³/mol. The van der Waals surface area contributed by atoms with Crippen molar-refractivity contribution in [2.45, 2.75) is 18.9 Å². The van der Waals surface area contributed by atoms with Crippen LogP contribution < -0.4 is 4.90 Å². The first-order valence-corrected chi connectivity index (χ1v) is 7.82. The number of rotatable bonds is 2. The molecule has 1 amide bonds. The number of amides is 1. The van der Waals surface area contributed by atoms with Crippen molar-refractivity contribution in [3.63, 3.8) is 0 Å². The molecule has 3 saturated heterocycles. The van der Waals surface area contributed by atoms with E-state index in [9.17, 15) is 4.79 Å². The van der Waals surface area contributed by atoms with Gasteiger partial charge in [-0.3, -0.25) is 4.79 Å². The Balaban J connectivity index is 1.89. The number of benzene rings is 1. The van der Waals surface area contributed by atoms with Crippen molar-refractivity contribution in [3.05, 3.63) is 29.8 Å². The molecule has 21 heavy (non-hydrogen) atoms. The lowest BCUT2D eigenvalue weighted by molar-refractivity contribution is 0.0587. The van der Waals surface area contributed by atoms with Crippen molar-refractivity contribution in [2.75, 3.05) is 45.7 Å². The molecule has 4 heteroatoms. The number of nitrogens with zero attached hydrogens (tertiary/aromatic N) is 3. The van der Waals surface area contributed by atoms with Gasteiger partial charge >= 0.3 is 0 Å². The molecule has 3 aliphatic heterocycles. The Morgan fingerprint density at radius 2 is 1.90 bits per heavy atom. The number of para-hydroxylation sites is 1. The predicted octanol–water partition coefficient (Wildman–Crippen LogP) is 1.92. The summed E-state index contributed by atoms with van der Waals surface area (Å²) in [5, 5.41) is 0. The van der Waals surface area contributed by atoms with E-state index in [2.05, 4.69) is 16.8 Å². The summed E-state index contributed by atoms with van der Waals surface area (Å²) in [6.45, 7) is 3.04. The molecular weight excluding hydrogens is 262 g/mol. The Bertz CT molecular complexity index is 529. The summed E-state index contributed by atoms with van der Waals surface area (Å²) in [5.74, 6) is 0.827. The van der Waals surface area contributed by atoms with Gasteiger partial charge in [0.05, 0.1) is 5.56 Å². The largest absolute Gasteiger partial charge is 0.377 e. The molecule has 3 aliphatic rings. The zero-order valence-electron chi connectivity index (χ0n) is 13.2. The summed E-state index contributed by atoms with van der Waals surface area (Å²) in [6, 6.07) is 8.31. The maximum absolute atomic E-state index is 13.1. The SMILES string of the molecule is CN1C[C@@H]2CC[C@H](C1)N(C(=O)c1ccccc1N(C)C)C2. The van der Waals surface area contributed by atoms with E-state index in [1.165, 1.54) is 6.42 Å². The van der Waals surface area contributed by atoms with E-state index in [4.69, 9.17) is 0 Å². The normalized spacial score (nSPS) is 25.8. The van der Waals surface area contributed by atoms with Crippen molar-refractivity contribution < 1.29 is 4.79 Å². The fourth-order valence-electron chi connectivity index (χ4n) is 3.76. The maximum Gasteiger partial charge on any atom is 0.256 e. The van der Waals surface area contributed by atoms with Gasteiger partial charge in [0.25, 0.3) is 5.91 Å². The van der Waals surface area contributed by atoms with Gasteiger partial charge in [-0.15, -0.1) is 0 Å². The molecule has 2 bridgehead atoms. The zero-order chi connectivity index (χ0) is 15.0. The van der Waals surface area contributed by atoms with Gasteiger partial charge in [-0.25, -0.2) is 0 Å². The smallest absolute Gasteiger partial charge is 0.256 e. The van der Waals surface area contributed by atoms with Gasteiger partial charge in [-0.05, 0) is 37.9 Å². The molecule has 4 rings (SSSR count). The van der Waals surface area contributed by atoms with E-state index in [1.54, 1.807) is 0 Å². The number of fused-ring (bicyclic) bond motifs is 4. The number of hydrogen-bond donors (Lipinski definition) is 0. The summed E-state index contributed by atoms with van der Waals surface area (Å²) in [6.07, 6.45) is 2.40.